The Morgan fingerprint density at radius 3 is 2.88 bits per heavy atom. The van der Waals surface area contributed by atoms with Gasteiger partial charge in [0.15, 0.2) is 0 Å². The van der Waals surface area contributed by atoms with Crippen LogP contribution in [0.2, 0.25) is 0 Å². The largest absolute Gasteiger partial charge is 0.466 e. The van der Waals surface area contributed by atoms with Crippen LogP contribution in [0.25, 0.3) is 0 Å². The molecule has 0 atom stereocenters. The average molecular weight is 371 g/mol. The number of thiophene rings is 1. The highest BCUT2D eigenvalue weighted by Gasteiger charge is 2.04. The predicted molar refractivity (Wildman–Crippen MR) is 72.7 cm³/mol. The second-order valence-corrected chi connectivity index (χ2v) is 6.38. The molecule has 0 aliphatic carbocycles. The Labute approximate surface area is 116 Å². The normalized spacial score (nSPS) is 10.4. The molecule has 0 saturated carbocycles. The van der Waals surface area contributed by atoms with E-state index in [0.717, 1.165) is 14.8 Å². The molecule has 0 saturated heterocycles. The van der Waals surface area contributed by atoms with E-state index < -0.39 is 0 Å². The lowest BCUT2D eigenvalue weighted by Crippen LogP contribution is -2.18. The van der Waals surface area contributed by atoms with E-state index in [1.807, 2.05) is 6.92 Å². The second kappa shape index (κ2) is 7.42. The molecule has 0 radical (unpaired) electrons. The van der Waals surface area contributed by atoms with Crippen molar-refractivity contribution in [1.29, 1.82) is 0 Å². The SMILES string of the molecule is CCOC(=O)CCNCc1cc(Br)c(Br)s1. The third kappa shape index (κ3) is 4.95. The zero-order chi connectivity index (χ0) is 12.0. The van der Waals surface area contributed by atoms with Crippen LogP contribution in [-0.2, 0) is 16.1 Å². The standard InChI is InChI=1S/C10H13Br2NO2S/c1-2-15-9(14)3-4-13-6-7-5-8(11)10(12)16-7/h5,13H,2-4,6H2,1H3. The number of carbonyl (C=O) groups is 1. The number of rotatable bonds is 6. The van der Waals surface area contributed by atoms with Crippen LogP contribution < -0.4 is 5.32 Å². The Hall–Kier alpha value is 0.0900. The molecular weight excluding hydrogens is 358 g/mol. The monoisotopic (exact) mass is 369 g/mol. The molecule has 16 heavy (non-hydrogen) atoms. The number of ether oxygens (including phenoxy) is 1. The fourth-order valence-electron chi connectivity index (χ4n) is 1.11. The molecule has 90 valence electrons. The predicted octanol–water partition coefficient (Wildman–Crippen LogP) is 3.32. The smallest absolute Gasteiger partial charge is 0.307 e. The van der Waals surface area contributed by atoms with Crippen molar-refractivity contribution in [3.63, 3.8) is 0 Å². The molecule has 1 rings (SSSR count). The van der Waals surface area contributed by atoms with Crippen molar-refractivity contribution in [2.75, 3.05) is 13.2 Å². The molecule has 0 fully saturated rings. The van der Waals surface area contributed by atoms with Crippen LogP contribution in [0, 0.1) is 0 Å². The van der Waals surface area contributed by atoms with Crippen LogP contribution >= 0.6 is 43.2 Å². The summed E-state index contributed by atoms with van der Waals surface area (Å²) in [7, 11) is 0. The van der Waals surface area contributed by atoms with Gasteiger partial charge in [-0.15, -0.1) is 11.3 Å². The van der Waals surface area contributed by atoms with Gasteiger partial charge in [-0.05, 0) is 44.8 Å². The summed E-state index contributed by atoms with van der Waals surface area (Å²) in [4.78, 5) is 12.3. The first kappa shape index (κ1) is 14.2. The molecule has 6 heteroatoms. The van der Waals surface area contributed by atoms with E-state index in [1.54, 1.807) is 11.3 Å². The summed E-state index contributed by atoms with van der Waals surface area (Å²) in [6.45, 7) is 3.68. The van der Waals surface area contributed by atoms with Crippen LogP contribution in [0.15, 0.2) is 14.3 Å². The molecule has 0 amide bonds. The van der Waals surface area contributed by atoms with Gasteiger partial charge in [-0.3, -0.25) is 4.79 Å². The van der Waals surface area contributed by atoms with Gasteiger partial charge in [0.25, 0.3) is 0 Å². The van der Waals surface area contributed by atoms with E-state index >= 15 is 0 Å². The lowest BCUT2D eigenvalue weighted by atomic mass is 10.4. The van der Waals surface area contributed by atoms with Gasteiger partial charge in [0.2, 0.25) is 0 Å². The number of hydrogen-bond acceptors (Lipinski definition) is 4. The van der Waals surface area contributed by atoms with E-state index in [4.69, 9.17) is 4.74 Å². The summed E-state index contributed by atoms with van der Waals surface area (Å²) >= 11 is 8.54. The molecule has 0 aliphatic rings. The fourth-order valence-corrected chi connectivity index (χ4v) is 3.26. The van der Waals surface area contributed by atoms with Gasteiger partial charge < -0.3 is 10.1 Å². The Morgan fingerprint density at radius 2 is 2.31 bits per heavy atom. The highest BCUT2D eigenvalue weighted by molar-refractivity contribution is 9.13. The zero-order valence-corrected chi connectivity index (χ0v) is 12.9. The summed E-state index contributed by atoms with van der Waals surface area (Å²) in [5.74, 6) is -0.149. The second-order valence-electron chi connectivity index (χ2n) is 3.07. The maximum atomic E-state index is 11.0. The van der Waals surface area contributed by atoms with Crippen LogP contribution in [-0.4, -0.2) is 19.1 Å². The average Bonchev–Trinajstić information content (AvgIpc) is 2.54. The number of esters is 1. The first-order valence-corrected chi connectivity index (χ1v) is 7.33. The summed E-state index contributed by atoms with van der Waals surface area (Å²) in [5, 5.41) is 3.20. The number of halogens is 2. The first-order chi connectivity index (χ1) is 7.63. The zero-order valence-electron chi connectivity index (χ0n) is 8.89. The van der Waals surface area contributed by atoms with Gasteiger partial charge in [0.1, 0.15) is 0 Å². The molecule has 1 heterocycles. The van der Waals surface area contributed by atoms with Gasteiger partial charge in [-0.2, -0.15) is 0 Å². The van der Waals surface area contributed by atoms with Crippen LogP contribution in [0.3, 0.4) is 0 Å². The van der Waals surface area contributed by atoms with Crippen molar-refractivity contribution in [1.82, 2.24) is 5.32 Å². The van der Waals surface area contributed by atoms with E-state index in [-0.39, 0.29) is 5.97 Å². The van der Waals surface area contributed by atoms with E-state index in [1.165, 1.54) is 4.88 Å². The maximum Gasteiger partial charge on any atom is 0.307 e. The van der Waals surface area contributed by atoms with Crippen molar-refractivity contribution >= 4 is 49.2 Å². The quantitative estimate of drug-likeness (QED) is 0.616. The van der Waals surface area contributed by atoms with Gasteiger partial charge in [-0.25, -0.2) is 0 Å². The number of nitrogens with one attached hydrogen (secondary N) is 1. The molecule has 0 spiro atoms. The Morgan fingerprint density at radius 1 is 1.56 bits per heavy atom. The van der Waals surface area contributed by atoms with Gasteiger partial charge in [0, 0.05) is 22.4 Å². The molecule has 3 nitrogen and oxygen atoms in total. The lowest BCUT2D eigenvalue weighted by molar-refractivity contribution is -0.142. The van der Waals surface area contributed by atoms with Crippen LogP contribution in [0.4, 0.5) is 0 Å². The van der Waals surface area contributed by atoms with Gasteiger partial charge in [-0.1, -0.05) is 0 Å². The Bertz CT molecular complexity index is 335. The maximum absolute atomic E-state index is 11.0. The van der Waals surface area contributed by atoms with E-state index in [2.05, 4.69) is 43.2 Å². The minimum atomic E-state index is -0.149. The molecule has 0 aliphatic heterocycles. The van der Waals surface area contributed by atoms with Gasteiger partial charge in [0.05, 0.1) is 16.8 Å². The van der Waals surface area contributed by atoms with Crippen molar-refractivity contribution in [2.24, 2.45) is 0 Å². The molecule has 1 aromatic heterocycles. The minimum absolute atomic E-state index is 0.149. The van der Waals surface area contributed by atoms with Crippen LogP contribution in [0.1, 0.15) is 18.2 Å². The van der Waals surface area contributed by atoms with Crippen molar-refractivity contribution in [3.8, 4) is 0 Å². The molecule has 0 aromatic carbocycles. The van der Waals surface area contributed by atoms with Crippen molar-refractivity contribution < 1.29 is 9.53 Å². The Kier molecular flexibility index (Phi) is 6.57. The molecule has 0 bridgehead atoms. The van der Waals surface area contributed by atoms with Crippen molar-refractivity contribution in [3.05, 3.63) is 19.2 Å². The first-order valence-electron chi connectivity index (χ1n) is 4.93. The van der Waals surface area contributed by atoms with E-state index in [0.29, 0.717) is 19.6 Å². The highest BCUT2D eigenvalue weighted by Crippen LogP contribution is 2.32. The lowest BCUT2D eigenvalue weighted by Gasteiger charge is -2.02. The number of carbonyl (C=O) groups excluding carboxylic acids is 1. The third-order valence-corrected chi connectivity index (χ3v) is 5.06. The highest BCUT2D eigenvalue weighted by atomic mass is 79.9. The van der Waals surface area contributed by atoms with Crippen molar-refractivity contribution in [2.45, 2.75) is 19.9 Å². The summed E-state index contributed by atoms with van der Waals surface area (Å²) in [5.41, 5.74) is 0. The number of hydrogen-bond donors (Lipinski definition) is 1. The molecule has 1 aromatic rings. The third-order valence-electron chi connectivity index (χ3n) is 1.81. The molecule has 0 unspecified atom stereocenters. The topological polar surface area (TPSA) is 38.3 Å². The van der Waals surface area contributed by atoms with E-state index in [9.17, 15) is 4.79 Å². The fraction of sp³-hybridized carbons (Fsp3) is 0.500. The summed E-state index contributed by atoms with van der Waals surface area (Å²) in [6.07, 6.45) is 0.418. The Balaban J connectivity index is 2.18. The van der Waals surface area contributed by atoms with Crippen LogP contribution in [0.5, 0.6) is 0 Å². The molecule has 1 N–H and O–H groups in total. The molecular formula is C10H13Br2NO2S. The summed E-state index contributed by atoms with van der Waals surface area (Å²) in [6, 6.07) is 2.06. The summed E-state index contributed by atoms with van der Waals surface area (Å²) < 4.78 is 6.99. The van der Waals surface area contributed by atoms with Gasteiger partial charge >= 0.3 is 5.97 Å². The minimum Gasteiger partial charge on any atom is -0.466 e.